The van der Waals surface area contributed by atoms with E-state index in [-0.39, 0.29) is 17.4 Å². The first-order chi connectivity index (χ1) is 8.75. The Morgan fingerprint density at radius 1 is 1.42 bits per heavy atom. The van der Waals surface area contributed by atoms with E-state index in [1.807, 2.05) is 18.2 Å². The van der Waals surface area contributed by atoms with Gasteiger partial charge in [0.25, 0.3) is 5.91 Å². The highest BCUT2D eigenvalue weighted by molar-refractivity contribution is 14.1. The number of hydrogen-bond acceptors (Lipinski definition) is 1. The van der Waals surface area contributed by atoms with Gasteiger partial charge in [-0.3, -0.25) is 4.79 Å². The molecule has 19 heavy (non-hydrogen) atoms. The lowest BCUT2D eigenvalue weighted by atomic mass is 9.85. The monoisotopic (exact) mass is 501 g/mol. The van der Waals surface area contributed by atoms with Gasteiger partial charge in [0.2, 0.25) is 0 Å². The van der Waals surface area contributed by atoms with Crippen LogP contribution in [0.25, 0.3) is 0 Å². The molecule has 0 radical (unpaired) electrons. The van der Waals surface area contributed by atoms with Gasteiger partial charge in [0.15, 0.2) is 0 Å². The van der Waals surface area contributed by atoms with E-state index in [9.17, 15) is 4.79 Å². The van der Waals surface area contributed by atoms with Crippen LogP contribution < -0.4 is 5.32 Å². The van der Waals surface area contributed by atoms with Crippen molar-refractivity contribution in [3.8, 4) is 0 Å². The summed E-state index contributed by atoms with van der Waals surface area (Å²) in [5, 5.41) is 4.02. The molecule has 1 N–H and O–H groups in total. The van der Waals surface area contributed by atoms with Crippen molar-refractivity contribution in [2.45, 2.75) is 33.2 Å². The maximum atomic E-state index is 12.4. The Labute approximate surface area is 145 Å². The Hall–Kier alpha value is 0.380. The third kappa shape index (κ3) is 5.34. The third-order valence-corrected chi connectivity index (χ3v) is 4.74. The number of alkyl halides is 1. The number of nitrogens with one attached hydrogen (secondary N) is 1. The van der Waals surface area contributed by atoms with E-state index < -0.39 is 0 Å². The SMILES string of the molecule is CC(C)(C)C(CCBr)NC(=O)c1cc(I)ccc1Br. The fourth-order valence-corrected chi connectivity index (χ4v) is 3.11. The van der Waals surface area contributed by atoms with Gasteiger partial charge in [0.1, 0.15) is 0 Å². The highest BCUT2D eigenvalue weighted by Crippen LogP contribution is 2.24. The molecule has 1 aromatic rings. The van der Waals surface area contributed by atoms with Crippen molar-refractivity contribution in [1.29, 1.82) is 0 Å². The highest BCUT2D eigenvalue weighted by Gasteiger charge is 2.26. The molecule has 1 aromatic carbocycles. The van der Waals surface area contributed by atoms with Crippen molar-refractivity contribution in [1.82, 2.24) is 5.32 Å². The van der Waals surface area contributed by atoms with Gasteiger partial charge in [-0.1, -0.05) is 36.7 Å². The van der Waals surface area contributed by atoms with Crippen LogP contribution >= 0.6 is 54.5 Å². The largest absolute Gasteiger partial charge is 0.349 e. The summed E-state index contributed by atoms with van der Waals surface area (Å²) in [6.45, 7) is 6.43. The van der Waals surface area contributed by atoms with Crippen molar-refractivity contribution in [2.75, 3.05) is 5.33 Å². The molecule has 0 aliphatic rings. The van der Waals surface area contributed by atoms with Gasteiger partial charge in [0, 0.05) is 19.4 Å². The Morgan fingerprint density at radius 3 is 2.58 bits per heavy atom. The van der Waals surface area contributed by atoms with Gasteiger partial charge in [-0.25, -0.2) is 0 Å². The summed E-state index contributed by atoms with van der Waals surface area (Å²) < 4.78 is 1.88. The lowest BCUT2D eigenvalue weighted by Crippen LogP contribution is -2.44. The van der Waals surface area contributed by atoms with Crippen LogP contribution in [0, 0.1) is 8.99 Å². The first kappa shape index (κ1) is 17.4. The van der Waals surface area contributed by atoms with Crippen LogP contribution in [0.15, 0.2) is 22.7 Å². The fraction of sp³-hybridized carbons (Fsp3) is 0.500. The topological polar surface area (TPSA) is 29.1 Å². The second-order valence-corrected chi connectivity index (χ2v) is 8.39. The summed E-state index contributed by atoms with van der Waals surface area (Å²) in [6, 6.07) is 5.92. The predicted octanol–water partition coefficient (Wildman–Crippen LogP) is 4.98. The molecule has 0 saturated heterocycles. The van der Waals surface area contributed by atoms with E-state index in [0.717, 1.165) is 19.8 Å². The summed E-state index contributed by atoms with van der Waals surface area (Å²) in [6.07, 6.45) is 0.913. The molecule has 2 nitrogen and oxygen atoms in total. The van der Waals surface area contributed by atoms with Crippen molar-refractivity contribution >= 4 is 60.4 Å². The molecule has 1 unspecified atom stereocenters. The Kier molecular flexibility index (Phi) is 6.79. The number of hydrogen-bond donors (Lipinski definition) is 1. The zero-order valence-electron chi connectivity index (χ0n) is 11.3. The Bertz CT molecular complexity index is 457. The Balaban J connectivity index is 2.91. The van der Waals surface area contributed by atoms with E-state index in [2.05, 4.69) is 80.5 Å². The molecule has 1 amide bonds. The molecule has 0 bridgehead atoms. The predicted molar refractivity (Wildman–Crippen MR) is 96.0 cm³/mol. The molecule has 1 rings (SSSR count). The number of carbonyl (C=O) groups is 1. The van der Waals surface area contributed by atoms with Crippen molar-refractivity contribution < 1.29 is 4.79 Å². The number of halogens is 3. The lowest BCUT2D eigenvalue weighted by molar-refractivity contribution is 0.0900. The minimum atomic E-state index is -0.0220. The molecule has 0 fully saturated rings. The van der Waals surface area contributed by atoms with Crippen LogP contribution in [-0.4, -0.2) is 17.3 Å². The van der Waals surface area contributed by atoms with E-state index in [0.29, 0.717) is 5.56 Å². The van der Waals surface area contributed by atoms with Crippen molar-refractivity contribution in [2.24, 2.45) is 5.41 Å². The van der Waals surface area contributed by atoms with Crippen LogP contribution in [0.2, 0.25) is 0 Å². The molecule has 0 heterocycles. The zero-order chi connectivity index (χ0) is 14.6. The number of amides is 1. The van der Waals surface area contributed by atoms with E-state index >= 15 is 0 Å². The summed E-state index contributed by atoms with van der Waals surface area (Å²) in [5.41, 5.74) is 0.730. The molecule has 106 valence electrons. The second kappa shape index (κ2) is 7.41. The van der Waals surface area contributed by atoms with Gasteiger partial charge in [-0.15, -0.1) is 0 Å². The standard InChI is InChI=1S/C14H18Br2INO/c1-14(2,3)12(6-7-15)18-13(19)10-8-9(17)4-5-11(10)16/h4-5,8,12H,6-7H2,1-3H3,(H,18,19). The van der Waals surface area contributed by atoms with Crippen molar-refractivity contribution in [3.63, 3.8) is 0 Å². The maximum absolute atomic E-state index is 12.4. The molecule has 0 aromatic heterocycles. The zero-order valence-corrected chi connectivity index (χ0v) is 16.6. The molecule has 1 atom stereocenters. The summed E-state index contributed by atoms with van der Waals surface area (Å²) in [5.74, 6) is -0.0220. The summed E-state index contributed by atoms with van der Waals surface area (Å²) >= 11 is 9.10. The minimum Gasteiger partial charge on any atom is -0.349 e. The van der Waals surface area contributed by atoms with Gasteiger partial charge in [-0.2, -0.15) is 0 Å². The average molecular weight is 503 g/mol. The minimum absolute atomic E-state index is 0.0220. The first-order valence-electron chi connectivity index (χ1n) is 6.07. The smallest absolute Gasteiger partial charge is 0.252 e. The number of carbonyl (C=O) groups excluding carboxylic acids is 1. The maximum Gasteiger partial charge on any atom is 0.252 e. The van der Waals surface area contributed by atoms with E-state index in [1.165, 1.54) is 0 Å². The third-order valence-electron chi connectivity index (χ3n) is 2.92. The van der Waals surface area contributed by atoms with Crippen LogP contribution in [0.1, 0.15) is 37.6 Å². The average Bonchev–Trinajstić information content (AvgIpc) is 2.30. The normalized spacial score (nSPS) is 13.2. The fourth-order valence-electron chi connectivity index (χ4n) is 1.74. The summed E-state index contributed by atoms with van der Waals surface area (Å²) in [4.78, 5) is 12.4. The summed E-state index contributed by atoms with van der Waals surface area (Å²) in [7, 11) is 0. The lowest BCUT2D eigenvalue weighted by Gasteiger charge is -2.31. The number of benzene rings is 1. The molecule has 0 saturated carbocycles. The van der Waals surface area contributed by atoms with Gasteiger partial charge in [0.05, 0.1) is 5.56 Å². The van der Waals surface area contributed by atoms with Gasteiger partial charge in [-0.05, 0) is 68.6 Å². The first-order valence-corrected chi connectivity index (χ1v) is 9.07. The second-order valence-electron chi connectivity index (χ2n) is 5.49. The quantitative estimate of drug-likeness (QED) is 0.456. The van der Waals surface area contributed by atoms with Crippen LogP contribution in [0.4, 0.5) is 0 Å². The molecular weight excluding hydrogens is 485 g/mol. The van der Waals surface area contributed by atoms with E-state index in [4.69, 9.17) is 0 Å². The molecule has 0 aliphatic heterocycles. The van der Waals surface area contributed by atoms with Crippen LogP contribution in [0.3, 0.4) is 0 Å². The number of rotatable bonds is 4. The molecule has 0 aliphatic carbocycles. The Morgan fingerprint density at radius 2 is 2.05 bits per heavy atom. The van der Waals surface area contributed by atoms with Crippen LogP contribution in [-0.2, 0) is 0 Å². The molecule has 0 spiro atoms. The molecular formula is C14H18Br2INO. The molecule has 5 heteroatoms. The van der Waals surface area contributed by atoms with E-state index in [1.54, 1.807) is 0 Å². The van der Waals surface area contributed by atoms with Crippen LogP contribution in [0.5, 0.6) is 0 Å². The van der Waals surface area contributed by atoms with Gasteiger partial charge < -0.3 is 5.32 Å². The highest BCUT2D eigenvalue weighted by atomic mass is 127. The van der Waals surface area contributed by atoms with Gasteiger partial charge >= 0.3 is 0 Å². The van der Waals surface area contributed by atoms with Crippen molar-refractivity contribution in [3.05, 3.63) is 31.8 Å².